The number of nitrogens with zero attached hydrogens (tertiary/aromatic N) is 6. The van der Waals surface area contributed by atoms with E-state index in [4.69, 9.17) is 4.74 Å². The second-order valence-corrected chi connectivity index (χ2v) is 7.80. The number of Topliss-reactive ketones (excluding diaryl/α,β-unsaturated/α-hetero) is 1. The normalized spacial score (nSPS) is 14.1. The van der Waals surface area contributed by atoms with Crippen molar-refractivity contribution in [3.05, 3.63) is 40.6 Å². The van der Waals surface area contributed by atoms with Gasteiger partial charge in [-0.3, -0.25) is 9.59 Å². The molecule has 0 aromatic carbocycles. The minimum Gasteiger partial charge on any atom is -0.465 e. The van der Waals surface area contributed by atoms with E-state index in [1.54, 1.807) is 16.3 Å². The molecule has 0 aliphatic carbocycles. The van der Waals surface area contributed by atoms with Gasteiger partial charge in [0.05, 0.1) is 24.8 Å². The third-order valence-corrected chi connectivity index (χ3v) is 5.71. The Morgan fingerprint density at radius 2 is 1.88 bits per heavy atom. The molecule has 4 heterocycles. The number of ether oxygens (including phenoxy) is 1. The largest absolute Gasteiger partial charge is 0.465 e. The summed E-state index contributed by atoms with van der Waals surface area (Å²) < 4.78 is 6.55. The van der Waals surface area contributed by atoms with Gasteiger partial charge in [0.15, 0.2) is 5.78 Å². The summed E-state index contributed by atoms with van der Waals surface area (Å²) in [5.41, 5.74) is 2.33. The number of hydrogen-bond donors (Lipinski definition) is 1. The van der Waals surface area contributed by atoms with E-state index in [1.807, 2.05) is 13.0 Å². The molecule has 0 radical (unpaired) electrons. The molecule has 0 unspecified atom stereocenters. The van der Waals surface area contributed by atoms with E-state index in [0.29, 0.717) is 48.9 Å². The zero-order valence-corrected chi connectivity index (χ0v) is 18.5. The number of esters is 1. The highest BCUT2D eigenvalue weighted by Gasteiger charge is 2.28. The van der Waals surface area contributed by atoms with Crippen molar-refractivity contribution >= 4 is 29.3 Å². The van der Waals surface area contributed by atoms with Crippen LogP contribution in [0.25, 0.3) is 5.78 Å². The Kier molecular flexibility index (Phi) is 5.64. The molecule has 0 saturated carbocycles. The third-order valence-electron chi connectivity index (χ3n) is 5.71. The number of aromatic amines is 1. The first-order valence-corrected chi connectivity index (χ1v) is 10.3. The summed E-state index contributed by atoms with van der Waals surface area (Å²) in [5.74, 6) is 0.534. The number of amides is 1. The minimum absolute atomic E-state index is 0.0137. The predicted molar refractivity (Wildman–Crippen MR) is 115 cm³/mol. The summed E-state index contributed by atoms with van der Waals surface area (Å²) in [4.78, 5) is 52.5. The number of aromatic nitrogens is 5. The first kappa shape index (κ1) is 21.5. The summed E-state index contributed by atoms with van der Waals surface area (Å²) in [6, 6.07) is 1.95. The van der Waals surface area contributed by atoms with Crippen LogP contribution < -0.4 is 4.90 Å². The summed E-state index contributed by atoms with van der Waals surface area (Å²) in [5, 5.41) is 4.25. The van der Waals surface area contributed by atoms with Crippen LogP contribution in [0.3, 0.4) is 0 Å². The van der Waals surface area contributed by atoms with Crippen LogP contribution in [0, 0.1) is 13.8 Å². The average molecular weight is 439 g/mol. The lowest BCUT2D eigenvalue weighted by Crippen LogP contribution is -2.49. The van der Waals surface area contributed by atoms with Crippen LogP contribution in [0.1, 0.15) is 44.7 Å². The molecule has 1 fully saturated rings. The molecule has 3 aromatic heterocycles. The number of anilines is 1. The minimum atomic E-state index is -0.566. The highest BCUT2D eigenvalue weighted by atomic mass is 16.5. The van der Waals surface area contributed by atoms with Crippen molar-refractivity contribution in [1.82, 2.24) is 29.5 Å². The molecule has 0 atom stereocenters. The third kappa shape index (κ3) is 3.81. The predicted octanol–water partition coefficient (Wildman–Crippen LogP) is 0.950. The second kappa shape index (κ2) is 8.40. The molecule has 168 valence electrons. The van der Waals surface area contributed by atoms with E-state index in [2.05, 4.69) is 25.0 Å². The highest BCUT2D eigenvalue weighted by molar-refractivity contribution is 6.01. The number of methoxy groups -OCH3 is 1. The number of piperazine rings is 1. The maximum absolute atomic E-state index is 13.0. The smallest absolute Gasteiger partial charge is 0.339 e. The van der Waals surface area contributed by atoms with E-state index in [-0.39, 0.29) is 23.7 Å². The van der Waals surface area contributed by atoms with E-state index < -0.39 is 5.97 Å². The van der Waals surface area contributed by atoms with E-state index in [9.17, 15) is 14.4 Å². The van der Waals surface area contributed by atoms with Gasteiger partial charge in [0.2, 0.25) is 5.91 Å². The molecule has 1 aliphatic rings. The fourth-order valence-electron chi connectivity index (χ4n) is 4.11. The van der Waals surface area contributed by atoms with Crippen LogP contribution >= 0.6 is 0 Å². The van der Waals surface area contributed by atoms with Gasteiger partial charge in [0.1, 0.15) is 12.1 Å². The molecular weight excluding hydrogens is 414 g/mol. The van der Waals surface area contributed by atoms with Gasteiger partial charge < -0.3 is 19.5 Å². The Hall–Kier alpha value is -3.76. The van der Waals surface area contributed by atoms with E-state index in [0.717, 1.165) is 11.5 Å². The highest BCUT2D eigenvalue weighted by Crippen LogP contribution is 2.22. The number of hydrogen-bond acceptors (Lipinski definition) is 8. The van der Waals surface area contributed by atoms with Crippen LogP contribution in [0.15, 0.2) is 12.4 Å². The Bertz CT molecular complexity index is 1200. The second-order valence-electron chi connectivity index (χ2n) is 7.80. The van der Waals surface area contributed by atoms with Gasteiger partial charge in [-0.15, -0.1) is 0 Å². The molecule has 0 spiro atoms. The van der Waals surface area contributed by atoms with Gasteiger partial charge in [-0.2, -0.15) is 14.6 Å². The maximum atomic E-state index is 13.0. The Morgan fingerprint density at radius 3 is 2.53 bits per heavy atom. The lowest BCUT2D eigenvalue weighted by atomic mass is 10.1. The van der Waals surface area contributed by atoms with Gasteiger partial charge >= 0.3 is 5.97 Å². The van der Waals surface area contributed by atoms with Crippen molar-refractivity contribution in [3.63, 3.8) is 0 Å². The number of ketones is 1. The number of rotatable bonds is 5. The Morgan fingerprint density at radius 1 is 1.16 bits per heavy atom. The molecule has 1 saturated heterocycles. The zero-order chi connectivity index (χ0) is 23.0. The average Bonchev–Trinajstić information content (AvgIpc) is 3.37. The van der Waals surface area contributed by atoms with E-state index >= 15 is 0 Å². The maximum Gasteiger partial charge on any atom is 0.339 e. The molecule has 4 rings (SSSR count). The zero-order valence-electron chi connectivity index (χ0n) is 18.5. The SMILES string of the molecule is COC(=O)c1c(CC(=O)N2CCN(c3cc(C)nc4ncnn34)CC2)[nH]c(C(C)=O)c1C. The van der Waals surface area contributed by atoms with E-state index in [1.165, 1.54) is 20.4 Å². The molecule has 11 heteroatoms. The molecule has 1 N–H and O–H groups in total. The van der Waals surface area contributed by atoms with Crippen molar-refractivity contribution in [1.29, 1.82) is 0 Å². The number of carbonyl (C=O) groups is 3. The fraction of sp³-hybridized carbons (Fsp3) is 0.429. The van der Waals surface area contributed by atoms with Crippen LogP contribution in [0.4, 0.5) is 5.82 Å². The first-order chi connectivity index (χ1) is 15.3. The number of H-pyrrole nitrogens is 1. The fourth-order valence-corrected chi connectivity index (χ4v) is 4.11. The summed E-state index contributed by atoms with van der Waals surface area (Å²) >= 11 is 0. The first-order valence-electron chi connectivity index (χ1n) is 10.3. The van der Waals surface area contributed by atoms with Gasteiger partial charge in [-0.25, -0.2) is 9.78 Å². The summed E-state index contributed by atoms with van der Waals surface area (Å²) in [6.45, 7) is 7.27. The Labute approximate surface area is 184 Å². The van der Waals surface area contributed by atoms with Gasteiger partial charge in [0.25, 0.3) is 5.78 Å². The molecule has 32 heavy (non-hydrogen) atoms. The summed E-state index contributed by atoms with van der Waals surface area (Å²) in [6.07, 6.45) is 1.46. The van der Waals surface area contributed by atoms with Crippen LogP contribution in [0.5, 0.6) is 0 Å². The lowest BCUT2D eigenvalue weighted by molar-refractivity contribution is -0.130. The lowest BCUT2D eigenvalue weighted by Gasteiger charge is -2.36. The van der Waals surface area contributed by atoms with Crippen LogP contribution in [-0.4, -0.2) is 80.4 Å². The number of fused-ring (bicyclic) bond motifs is 1. The number of aryl methyl sites for hydroxylation is 1. The topological polar surface area (TPSA) is 126 Å². The Balaban J connectivity index is 1.49. The van der Waals surface area contributed by atoms with Gasteiger partial charge in [-0.1, -0.05) is 0 Å². The monoisotopic (exact) mass is 439 g/mol. The van der Waals surface area contributed by atoms with Crippen LogP contribution in [-0.2, 0) is 16.0 Å². The number of carbonyl (C=O) groups excluding carboxylic acids is 3. The summed E-state index contributed by atoms with van der Waals surface area (Å²) in [7, 11) is 1.28. The van der Waals surface area contributed by atoms with Crippen LogP contribution in [0.2, 0.25) is 0 Å². The standard InChI is InChI=1S/C21H25N7O4/c1-12-9-16(28-21(24-12)22-11-23-28)26-5-7-27(8-6-26)17(30)10-15-18(20(31)32-4)13(2)19(25-15)14(3)29/h9,11,25H,5-8,10H2,1-4H3. The molecule has 11 nitrogen and oxygen atoms in total. The molecule has 1 aliphatic heterocycles. The van der Waals surface area contributed by atoms with Crippen molar-refractivity contribution in [2.45, 2.75) is 27.2 Å². The van der Waals surface area contributed by atoms with Crippen molar-refractivity contribution < 1.29 is 19.1 Å². The number of nitrogens with one attached hydrogen (secondary N) is 1. The quantitative estimate of drug-likeness (QED) is 0.460. The van der Waals surface area contributed by atoms with Gasteiger partial charge in [-0.05, 0) is 19.4 Å². The molecule has 3 aromatic rings. The van der Waals surface area contributed by atoms with Crippen molar-refractivity contribution in [3.8, 4) is 0 Å². The molecule has 1 amide bonds. The van der Waals surface area contributed by atoms with Crippen molar-refractivity contribution in [2.24, 2.45) is 0 Å². The van der Waals surface area contributed by atoms with Crippen molar-refractivity contribution in [2.75, 3.05) is 38.2 Å². The molecular formula is C21H25N7O4. The van der Waals surface area contributed by atoms with Gasteiger partial charge in [0, 0.05) is 50.6 Å². The molecule has 0 bridgehead atoms.